The van der Waals surface area contributed by atoms with Gasteiger partial charge in [-0.15, -0.1) is 0 Å². The quantitative estimate of drug-likeness (QED) is 0.563. The lowest BCUT2D eigenvalue weighted by molar-refractivity contribution is 0.0765. The summed E-state index contributed by atoms with van der Waals surface area (Å²) in [5.74, 6) is -0.777. The lowest BCUT2D eigenvalue weighted by Gasteiger charge is -2.16. The molecule has 2 aromatic heterocycles. The molecular formula is C23H19FN4O2. The highest BCUT2D eigenvalue weighted by atomic mass is 19.1. The minimum atomic E-state index is -2.76. The number of aliphatic hydroxyl groups is 1. The first-order valence-electron chi connectivity index (χ1n) is 11.7. The van der Waals surface area contributed by atoms with Gasteiger partial charge in [0.25, 0.3) is 5.91 Å². The van der Waals surface area contributed by atoms with E-state index in [1.807, 2.05) is 0 Å². The molecule has 1 aliphatic heterocycles. The zero-order valence-electron chi connectivity index (χ0n) is 20.6. The number of amides is 1. The van der Waals surface area contributed by atoms with Crippen LogP contribution in [0.2, 0.25) is 0 Å². The van der Waals surface area contributed by atoms with E-state index in [1.54, 1.807) is 30.5 Å². The minimum Gasteiger partial charge on any atom is -0.392 e. The highest BCUT2D eigenvalue weighted by Gasteiger charge is 2.28. The van der Waals surface area contributed by atoms with Crippen molar-refractivity contribution in [2.45, 2.75) is 19.6 Å². The van der Waals surface area contributed by atoms with Gasteiger partial charge in [0, 0.05) is 46.5 Å². The maximum absolute atomic E-state index is 15.1. The minimum absolute atomic E-state index is 0.0384. The number of aryl methyl sites for hydroxylation is 1. The number of hydrogen-bond donors (Lipinski definition) is 1. The molecule has 150 valence electrons. The summed E-state index contributed by atoms with van der Waals surface area (Å²) in [4.78, 5) is 18.3. The Kier molecular flexibility index (Phi) is 3.19. The lowest BCUT2D eigenvalue weighted by Crippen LogP contribution is -2.23. The summed E-state index contributed by atoms with van der Waals surface area (Å²) in [7, 11) is 0. The van der Waals surface area contributed by atoms with E-state index in [0.29, 0.717) is 32.6 Å². The van der Waals surface area contributed by atoms with E-state index in [1.165, 1.54) is 29.3 Å². The van der Waals surface area contributed by atoms with E-state index in [0.717, 1.165) is 0 Å². The third kappa shape index (κ3) is 2.95. The van der Waals surface area contributed by atoms with Gasteiger partial charge in [-0.2, -0.15) is 5.10 Å². The summed E-state index contributed by atoms with van der Waals surface area (Å²) in [5, 5.41) is 14.1. The van der Waals surface area contributed by atoms with Crippen LogP contribution in [0.4, 0.5) is 4.39 Å². The van der Waals surface area contributed by atoms with Gasteiger partial charge in [0.05, 0.1) is 32.6 Å². The van der Waals surface area contributed by atoms with E-state index in [4.69, 9.17) is 6.85 Å². The summed E-state index contributed by atoms with van der Waals surface area (Å²) in [6, 6.07) is 10.6. The molecule has 0 fully saturated rings. The van der Waals surface area contributed by atoms with Gasteiger partial charge < -0.3 is 10.0 Å². The topological polar surface area (TPSA) is 71.2 Å². The van der Waals surface area contributed by atoms with E-state index in [-0.39, 0.29) is 35.5 Å². The van der Waals surface area contributed by atoms with Crippen molar-refractivity contribution in [1.82, 2.24) is 19.7 Å². The Morgan fingerprint density at radius 3 is 2.87 bits per heavy atom. The number of carbonyl (C=O) groups is 1. The molecule has 0 bridgehead atoms. The molecule has 4 aromatic rings. The second kappa shape index (κ2) is 7.03. The molecule has 7 heteroatoms. The number of rotatable bonds is 4. The van der Waals surface area contributed by atoms with Crippen LogP contribution < -0.4 is 0 Å². The molecule has 3 heterocycles. The number of pyridine rings is 1. The van der Waals surface area contributed by atoms with Crippen LogP contribution in [0.1, 0.15) is 34.0 Å². The molecule has 6 nitrogen and oxygen atoms in total. The average molecular weight is 407 g/mol. The molecule has 2 aromatic carbocycles. The molecule has 30 heavy (non-hydrogen) atoms. The first-order valence-corrected chi connectivity index (χ1v) is 9.21. The van der Waals surface area contributed by atoms with Gasteiger partial charge in [0.1, 0.15) is 5.82 Å². The molecular weight excluding hydrogens is 383 g/mol. The van der Waals surface area contributed by atoms with Gasteiger partial charge >= 0.3 is 0 Å². The Morgan fingerprint density at radius 2 is 2.10 bits per heavy atom. The molecule has 0 aliphatic carbocycles. The van der Waals surface area contributed by atoms with E-state index in [2.05, 4.69) is 10.1 Å². The van der Waals surface area contributed by atoms with E-state index < -0.39 is 19.4 Å². The van der Waals surface area contributed by atoms with Crippen LogP contribution in [0.25, 0.3) is 22.0 Å². The second-order valence-corrected chi connectivity index (χ2v) is 7.07. The summed E-state index contributed by atoms with van der Waals surface area (Å²) < 4.78 is 54.1. The SMILES string of the molecule is [2H]C([2H])(O)c1ccc(-c2ccc(CN3Cc4ncccc4C3=O)c(F)c2)c2cn(C([2H])([2H])[2H])nc12. The van der Waals surface area contributed by atoms with Crippen LogP contribution in [0.3, 0.4) is 0 Å². The fourth-order valence-corrected chi connectivity index (χ4v) is 3.81. The third-order valence-electron chi connectivity index (χ3n) is 5.27. The number of carbonyl (C=O) groups excluding carboxylic acids is 1. The first kappa shape index (κ1) is 13.6. The van der Waals surface area contributed by atoms with Crippen LogP contribution in [0.15, 0.2) is 54.9 Å². The monoisotopic (exact) mass is 407 g/mol. The largest absolute Gasteiger partial charge is 0.392 e. The first-order chi connectivity index (χ1) is 16.4. The van der Waals surface area contributed by atoms with Crippen molar-refractivity contribution in [2.24, 2.45) is 6.98 Å². The number of hydrogen-bond acceptors (Lipinski definition) is 4. The molecule has 0 unspecified atom stereocenters. The molecule has 1 aliphatic rings. The Morgan fingerprint density at radius 1 is 1.23 bits per heavy atom. The Hall–Kier alpha value is -3.58. The van der Waals surface area contributed by atoms with Crippen molar-refractivity contribution in [2.75, 3.05) is 0 Å². The zero-order chi connectivity index (χ0) is 25.1. The number of fused-ring (bicyclic) bond motifs is 2. The second-order valence-electron chi connectivity index (χ2n) is 7.07. The summed E-state index contributed by atoms with van der Waals surface area (Å²) in [5.41, 5.74) is 2.04. The normalized spacial score (nSPS) is 16.7. The van der Waals surface area contributed by atoms with Crippen LogP contribution in [-0.2, 0) is 26.6 Å². The van der Waals surface area contributed by atoms with E-state index >= 15 is 4.39 Å². The zero-order valence-corrected chi connectivity index (χ0v) is 15.6. The molecule has 0 atom stereocenters. The van der Waals surface area contributed by atoms with Gasteiger partial charge in [-0.1, -0.05) is 24.3 Å². The fraction of sp³-hybridized carbons (Fsp3) is 0.174. The van der Waals surface area contributed by atoms with Gasteiger partial charge in [0.2, 0.25) is 0 Å². The summed E-state index contributed by atoms with van der Waals surface area (Å²) in [6.07, 6.45) is 2.83. The van der Waals surface area contributed by atoms with Gasteiger partial charge in [-0.25, -0.2) is 4.39 Å². The van der Waals surface area contributed by atoms with Crippen molar-refractivity contribution >= 4 is 16.8 Å². The summed E-state index contributed by atoms with van der Waals surface area (Å²) in [6.45, 7) is -5.04. The standard InChI is InChI=1S/C23H19FN4O2/c1-27-11-19-17(7-6-16(13-29)22(19)26-27)14-4-5-15(20(24)9-14)10-28-12-21-18(23(28)30)3-2-8-25-21/h2-9,11,29H,10,12-13H2,1H3/i1D3,13D2. The highest BCUT2D eigenvalue weighted by Crippen LogP contribution is 2.32. The molecule has 0 saturated heterocycles. The smallest absolute Gasteiger partial charge is 0.256 e. The molecule has 0 radical (unpaired) electrons. The number of aromatic nitrogens is 3. The Bertz CT molecular complexity index is 1480. The third-order valence-corrected chi connectivity index (χ3v) is 5.27. The summed E-state index contributed by atoms with van der Waals surface area (Å²) >= 11 is 0. The average Bonchev–Trinajstić information content (AvgIpc) is 3.36. The van der Waals surface area contributed by atoms with Gasteiger partial charge in [0.15, 0.2) is 0 Å². The van der Waals surface area contributed by atoms with Crippen molar-refractivity contribution < 1.29 is 21.1 Å². The maximum atomic E-state index is 15.1. The predicted octanol–water partition coefficient (Wildman–Crippen LogP) is 3.42. The van der Waals surface area contributed by atoms with Crippen LogP contribution >= 0.6 is 0 Å². The predicted molar refractivity (Wildman–Crippen MR) is 110 cm³/mol. The number of nitrogens with zero attached hydrogens (tertiary/aromatic N) is 4. The molecule has 0 saturated carbocycles. The molecule has 1 N–H and O–H groups in total. The Labute approximate surface area is 179 Å². The van der Waals surface area contributed by atoms with Gasteiger partial charge in [-0.3, -0.25) is 14.5 Å². The molecule has 1 amide bonds. The van der Waals surface area contributed by atoms with Crippen LogP contribution in [-0.4, -0.2) is 30.7 Å². The van der Waals surface area contributed by atoms with Crippen LogP contribution in [0, 0.1) is 5.82 Å². The van der Waals surface area contributed by atoms with Crippen LogP contribution in [0.5, 0.6) is 0 Å². The lowest BCUT2D eigenvalue weighted by atomic mass is 9.98. The van der Waals surface area contributed by atoms with Crippen molar-refractivity contribution in [3.63, 3.8) is 0 Å². The molecule has 5 rings (SSSR count). The van der Waals surface area contributed by atoms with Crippen molar-refractivity contribution in [3.05, 3.63) is 83.1 Å². The maximum Gasteiger partial charge on any atom is 0.256 e. The molecule has 0 spiro atoms. The number of halogens is 1. The van der Waals surface area contributed by atoms with Crippen molar-refractivity contribution in [3.8, 4) is 11.1 Å². The highest BCUT2D eigenvalue weighted by molar-refractivity contribution is 5.98. The fourth-order valence-electron chi connectivity index (χ4n) is 3.81. The van der Waals surface area contributed by atoms with E-state index in [9.17, 15) is 9.90 Å². The Balaban J connectivity index is 1.52. The van der Waals surface area contributed by atoms with Gasteiger partial charge in [-0.05, 0) is 29.3 Å². The van der Waals surface area contributed by atoms with Crippen molar-refractivity contribution in [1.29, 1.82) is 0 Å². The number of benzene rings is 2.